The van der Waals surface area contributed by atoms with Crippen LogP contribution in [0.25, 0.3) is 10.9 Å². The third-order valence-electron chi connectivity index (χ3n) is 5.70. The number of H-pyrrole nitrogens is 1. The number of aromatic amines is 1. The Morgan fingerprint density at radius 2 is 2.07 bits per heavy atom. The molecule has 0 aliphatic carbocycles. The van der Waals surface area contributed by atoms with Crippen LogP contribution in [0.1, 0.15) is 43.6 Å². The lowest BCUT2D eigenvalue weighted by molar-refractivity contribution is -0.931. The van der Waals surface area contributed by atoms with Gasteiger partial charge in [-0.3, -0.25) is 4.79 Å². The highest BCUT2D eigenvalue weighted by atomic mass is 16.5. The van der Waals surface area contributed by atoms with Gasteiger partial charge in [0.1, 0.15) is 5.75 Å². The molecule has 2 aromatic heterocycles. The van der Waals surface area contributed by atoms with Gasteiger partial charge in [-0.2, -0.15) is 0 Å². The van der Waals surface area contributed by atoms with Crippen LogP contribution in [0, 0.1) is 0 Å². The van der Waals surface area contributed by atoms with Crippen molar-refractivity contribution >= 4 is 10.9 Å². The Morgan fingerprint density at radius 1 is 1.23 bits per heavy atom. The summed E-state index contributed by atoms with van der Waals surface area (Å²) in [6.45, 7) is 5.57. The normalized spacial score (nSPS) is 16.1. The van der Waals surface area contributed by atoms with Crippen LogP contribution in [0.2, 0.25) is 0 Å². The number of benzene rings is 1. The van der Waals surface area contributed by atoms with Gasteiger partial charge < -0.3 is 19.4 Å². The molecule has 4 rings (SSSR count). The van der Waals surface area contributed by atoms with Crippen molar-refractivity contribution in [2.45, 2.75) is 38.8 Å². The maximum absolute atomic E-state index is 13.1. The predicted octanol–water partition coefficient (Wildman–Crippen LogP) is 0.718. The molecule has 0 spiro atoms. The fourth-order valence-corrected chi connectivity index (χ4v) is 4.26. The van der Waals surface area contributed by atoms with E-state index >= 15 is 0 Å². The quantitative estimate of drug-likeness (QED) is 0.565. The van der Waals surface area contributed by atoms with Gasteiger partial charge in [0.05, 0.1) is 38.4 Å². The summed E-state index contributed by atoms with van der Waals surface area (Å²) in [5.41, 5.74) is 1.37. The minimum absolute atomic E-state index is 0.101. The smallest absolute Gasteiger partial charge is 0.258 e. The van der Waals surface area contributed by atoms with Gasteiger partial charge in [0.2, 0.25) is 5.82 Å². The van der Waals surface area contributed by atoms with E-state index in [1.807, 2.05) is 31.2 Å². The van der Waals surface area contributed by atoms with Gasteiger partial charge in [-0.25, -0.2) is 4.68 Å². The Bertz CT molecular complexity index is 1040. The first-order valence-electron chi connectivity index (χ1n) is 10.6. The predicted molar refractivity (Wildman–Crippen MR) is 112 cm³/mol. The number of hydrogen-bond acceptors (Lipinski definition) is 6. The van der Waals surface area contributed by atoms with Crippen molar-refractivity contribution < 1.29 is 14.4 Å². The number of fused-ring (bicyclic) bond motifs is 1. The third-order valence-corrected chi connectivity index (χ3v) is 5.70. The number of nitrogens with zero attached hydrogens (tertiary/aromatic N) is 4. The second-order valence-corrected chi connectivity index (χ2v) is 7.64. The summed E-state index contributed by atoms with van der Waals surface area (Å²) in [5, 5.41) is 13.3. The Balaban J connectivity index is 1.82. The highest BCUT2D eigenvalue weighted by Crippen LogP contribution is 2.23. The first kappa shape index (κ1) is 20.5. The largest absolute Gasteiger partial charge is 0.494 e. The van der Waals surface area contributed by atoms with Gasteiger partial charge in [0, 0.05) is 18.0 Å². The van der Waals surface area contributed by atoms with Crippen LogP contribution in [0.4, 0.5) is 0 Å². The standard InChI is InChI=1S/C21H28N6O3/c1-3-30-16-7-8-18-15(13-16)14-17(21(28)22-18)19(26-9-5-4-6-10-26)20-23-24-25-27(20)11-12-29-2/h7-8,13-14,19H,3-6,9-12H2,1-2H3,(H,22,28)/p+1/t19-/m1/s1. The van der Waals surface area contributed by atoms with Crippen LogP contribution in [0.3, 0.4) is 0 Å². The molecule has 30 heavy (non-hydrogen) atoms. The van der Waals surface area contributed by atoms with Gasteiger partial charge in [-0.15, -0.1) is 5.10 Å². The molecule has 0 amide bonds. The van der Waals surface area contributed by atoms with Crippen LogP contribution in [0.5, 0.6) is 5.75 Å². The van der Waals surface area contributed by atoms with Crippen molar-refractivity contribution in [3.05, 3.63) is 46.0 Å². The summed E-state index contributed by atoms with van der Waals surface area (Å²) < 4.78 is 12.6. The van der Waals surface area contributed by atoms with Crippen molar-refractivity contribution in [2.24, 2.45) is 0 Å². The maximum atomic E-state index is 13.1. The summed E-state index contributed by atoms with van der Waals surface area (Å²) in [4.78, 5) is 17.5. The highest BCUT2D eigenvalue weighted by Gasteiger charge is 2.34. The number of likely N-dealkylation sites (tertiary alicyclic amines) is 1. The van der Waals surface area contributed by atoms with Crippen LogP contribution in [-0.2, 0) is 11.3 Å². The van der Waals surface area contributed by atoms with E-state index < -0.39 is 0 Å². The molecular weight excluding hydrogens is 384 g/mol. The second-order valence-electron chi connectivity index (χ2n) is 7.64. The van der Waals surface area contributed by atoms with E-state index in [0.717, 1.165) is 42.6 Å². The fourth-order valence-electron chi connectivity index (χ4n) is 4.26. The molecule has 9 heteroatoms. The van der Waals surface area contributed by atoms with E-state index in [4.69, 9.17) is 9.47 Å². The molecule has 9 nitrogen and oxygen atoms in total. The Kier molecular flexibility index (Phi) is 6.39. The van der Waals surface area contributed by atoms with Gasteiger partial charge in [-0.1, -0.05) is 0 Å². The second kappa shape index (κ2) is 9.36. The fraction of sp³-hybridized carbons (Fsp3) is 0.524. The molecule has 0 unspecified atom stereocenters. The number of tetrazole rings is 1. The van der Waals surface area contributed by atoms with Gasteiger partial charge in [0.15, 0.2) is 6.04 Å². The lowest BCUT2D eigenvalue weighted by atomic mass is 10.0. The van der Waals surface area contributed by atoms with E-state index in [9.17, 15) is 4.79 Å². The number of quaternary nitrogens is 1. The number of rotatable bonds is 8. The molecule has 0 saturated carbocycles. The molecule has 160 valence electrons. The van der Waals surface area contributed by atoms with E-state index in [2.05, 4.69) is 20.5 Å². The number of ether oxygens (including phenoxy) is 2. The summed E-state index contributed by atoms with van der Waals surface area (Å²) in [7, 11) is 1.65. The van der Waals surface area contributed by atoms with Crippen molar-refractivity contribution in [2.75, 3.05) is 33.4 Å². The zero-order valence-corrected chi connectivity index (χ0v) is 17.6. The number of hydrogen-bond donors (Lipinski definition) is 2. The Hall–Kier alpha value is -2.78. The number of aromatic nitrogens is 5. The van der Waals surface area contributed by atoms with Crippen LogP contribution >= 0.6 is 0 Å². The molecule has 0 bridgehead atoms. The lowest BCUT2D eigenvalue weighted by Crippen LogP contribution is -3.13. The zero-order chi connectivity index (χ0) is 20.9. The van der Waals surface area contributed by atoms with Gasteiger partial charge >= 0.3 is 0 Å². The topological polar surface area (TPSA) is 99.4 Å². The average Bonchev–Trinajstić information content (AvgIpc) is 3.22. The molecule has 1 aliphatic rings. The first-order valence-corrected chi connectivity index (χ1v) is 10.6. The molecule has 2 N–H and O–H groups in total. The van der Waals surface area contributed by atoms with Crippen LogP contribution in [-0.4, -0.2) is 58.6 Å². The van der Waals surface area contributed by atoms with Gasteiger partial charge in [-0.05, 0) is 60.9 Å². The molecule has 1 aliphatic heterocycles. The Morgan fingerprint density at radius 3 is 2.83 bits per heavy atom. The monoisotopic (exact) mass is 413 g/mol. The number of methoxy groups -OCH3 is 1. The first-order chi connectivity index (χ1) is 14.7. The van der Waals surface area contributed by atoms with Crippen molar-refractivity contribution in [3.63, 3.8) is 0 Å². The zero-order valence-electron chi connectivity index (χ0n) is 17.6. The number of pyridine rings is 1. The maximum Gasteiger partial charge on any atom is 0.258 e. The molecular formula is C21H29N6O3+. The van der Waals surface area contributed by atoms with Crippen LogP contribution in [0.15, 0.2) is 29.1 Å². The number of piperidine rings is 1. The van der Waals surface area contributed by atoms with Crippen molar-refractivity contribution in [1.29, 1.82) is 0 Å². The van der Waals surface area contributed by atoms with E-state index in [-0.39, 0.29) is 11.6 Å². The molecule has 3 heterocycles. The lowest BCUT2D eigenvalue weighted by Gasteiger charge is -2.30. The van der Waals surface area contributed by atoms with Gasteiger partial charge in [0.25, 0.3) is 5.56 Å². The van der Waals surface area contributed by atoms with E-state index in [1.165, 1.54) is 11.3 Å². The van der Waals surface area contributed by atoms with Crippen molar-refractivity contribution in [3.8, 4) is 5.75 Å². The summed E-state index contributed by atoms with van der Waals surface area (Å²) >= 11 is 0. The molecule has 1 saturated heterocycles. The third kappa shape index (κ3) is 4.22. The average molecular weight is 414 g/mol. The molecule has 1 atom stereocenters. The molecule has 1 fully saturated rings. The van der Waals surface area contributed by atoms with Crippen LogP contribution < -0.4 is 15.2 Å². The van der Waals surface area contributed by atoms with Crippen molar-refractivity contribution in [1.82, 2.24) is 25.2 Å². The van der Waals surface area contributed by atoms with E-state index in [0.29, 0.717) is 31.1 Å². The SMILES string of the molecule is CCOc1ccc2[nH]c(=O)c([C@H](c3nnnn3CCOC)[NH+]3CCCCC3)cc2c1. The minimum Gasteiger partial charge on any atom is -0.494 e. The summed E-state index contributed by atoms with van der Waals surface area (Å²) in [6, 6.07) is 7.46. The molecule has 1 aromatic carbocycles. The summed E-state index contributed by atoms with van der Waals surface area (Å²) in [5.74, 6) is 1.49. The molecule has 0 radical (unpaired) electrons. The number of nitrogens with one attached hydrogen (secondary N) is 2. The highest BCUT2D eigenvalue weighted by molar-refractivity contribution is 5.80. The summed E-state index contributed by atoms with van der Waals surface area (Å²) in [6.07, 6.45) is 3.48. The Labute approximate surface area is 175 Å². The minimum atomic E-state index is -0.235. The molecule has 3 aromatic rings. The van der Waals surface area contributed by atoms with E-state index in [1.54, 1.807) is 11.8 Å².